The number of nitrogens with zero attached hydrogens (tertiary/aromatic N) is 3. The van der Waals surface area contributed by atoms with Crippen molar-refractivity contribution in [2.24, 2.45) is 4.99 Å². The molecule has 2 aliphatic heterocycles. The third-order valence-corrected chi connectivity index (χ3v) is 8.35. The lowest BCUT2D eigenvalue weighted by atomic mass is 10.2. The van der Waals surface area contributed by atoms with Crippen LogP contribution in [0, 0.1) is 13.8 Å². The normalized spacial score (nSPS) is 19.2. The van der Waals surface area contributed by atoms with E-state index in [1.165, 1.54) is 11.8 Å². The van der Waals surface area contributed by atoms with Crippen LogP contribution in [0.1, 0.15) is 11.1 Å². The molecule has 0 bridgehead atoms. The fraction of sp³-hybridized carbons (Fsp3) is 0.120. The Labute approximate surface area is 204 Å². The number of aliphatic imine (C=N–C) groups is 1. The number of fused-ring (bicyclic) bond motifs is 1. The lowest BCUT2D eigenvalue weighted by Gasteiger charge is -2.17. The molecular formula is C25H20BrN3OS2. The zero-order valence-corrected chi connectivity index (χ0v) is 21.0. The van der Waals surface area contributed by atoms with Crippen molar-refractivity contribution in [2.75, 3.05) is 16.8 Å². The Hall–Kier alpha value is -2.48. The number of para-hydroxylation sites is 1. The van der Waals surface area contributed by atoms with Gasteiger partial charge in [0.15, 0.2) is 5.17 Å². The summed E-state index contributed by atoms with van der Waals surface area (Å²) in [6, 6.07) is 22.2. The number of amidine groups is 1. The van der Waals surface area contributed by atoms with Crippen molar-refractivity contribution in [1.29, 1.82) is 0 Å². The topological polar surface area (TPSA) is 35.9 Å². The van der Waals surface area contributed by atoms with Gasteiger partial charge in [-0.2, -0.15) is 0 Å². The molecule has 7 heteroatoms. The third kappa shape index (κ3) is 3.78. The number of thioether (sulfide) groups is 2. The summed E-state index contributed by atoms with van der Waals surface area (Å²) < 4.78 is 0.905. The Kier molecular flexibility index (Phi) is 5.65. The van der Waals surface area contributed by atoms with Crippen LogP contribution in [0.2, 0.25) is 0 Å². The quantitative estimate of drug-likeness (QED) is 0.333. The Bertz CT molecular complexity index is 1300. The van der Waals surface area contributed by atoms with Crippen LogP contribution in [0.3, 0.4) is 0 Å². The number of aryl methyl sites for hydroxylation is 2. The molecule has 0 unspecified atom stereocenters. The minimum atomic E-state index is -0.0528. The highest BCUT2D eigenvalue weighted by Gasteiger charge is 2.40. The van der Waals surface area contributed by atoms with Gasteiger partial charge in [-0.3, -0.25) is 9.69 Å². The van der Waals surface area contributed by atoms with Crippen molar-refractivity contribution >= 4 is 67.6 Å². The Balaban J connectivity index is 1.63. The second-order valence-corrected chi connectivity index (χ2v) is 10.6. The summed E-state index contributed by atoms with van der Waals surface area (Å²) in [5.74, 6) is -0.0528. The molecule has 0 radical (unpaired) electrons. The van der Waals surface area contributed by atoms with E-state index in [1.54, 1.807) is 16.7 Å². The first-order valence-corrected chi connectivity index (χ1v) is 12.5. The first kappa shape index (κ1) is 21.4. The summed E-state index contributed by atoms with van der Waals surface area (Å²) >= 11 is 6.68. The molecule has 160 valence electrons. The van der Waals surface area contributed by atoms with Crippen molar-refractivity contribution in [3.05, 3.63) is 92.3 Å². The third-order valence-electron chi connectivity index (χ3n) is 5.33. The maximum atomic E-state index is 13.7. The number of amides is 1. The van der Waals surface area contributed by atoms with Crippen molar-refractivity contribution in [1.82, 2.24) is 0 Å². The van der Waals surface area contributed by atoms with E-state index in [1.807, 2.05) is 75.5 Å². The molecule has 0 N–H and O–H groups in total. The molecule has 2 heterocycles. The van der Waals surface area contributed by atoms with Gasteiger partial charge in [0.25, 0.3) is 5.91 Å². The molecule has 0 aliphatic carbocycles. The van der Waals surface area contributed by atoms with E-state index in [0.29, 0.717) is 10.1 Å². The molecule has 0 spiro atoms. The molecule has 1 saturated heterocycles. The largest absolute Gasteiger partial charge is 0.337 e. The monoisotopic (exact) mass is 521 g/mol. The molecule has 32 heavy (non-hydrogen) atoms. The second-order valence-electron chi connectivity index (χ2n) is 7.69. The van der Waals surface area contributed by atoms with Gasteiger partial charge in [-0.15, -0.1) is 0 Å². The average Bonchev–Trinajstić information content (AvgIpc) is 3.27. The molecule has 3 aromatic rings. The molecule has 4 nitrogen and oxygen atoms in total. The van der Waals surface area contributed by atoms with Crippen LogP contribution in [0.15, 0.2) is 91.0 Å². The maximum Gasteiger partial charge on any atom is 0.274 e. The molecule has 5 rings (SSSR count). The number of hydrogen-bond donors (Lipinski definition) is 0. The molecule has 2 aliphatic rings. The van der Waals surface area contributed by atoms with Gasteiger partial charge >= 0.3 is 0 Å². The van der Waals surface area contributed by atoms with Crippen LogP contribution in [0.5, 0.6) is 0 Å². The van der Waals surface area contributed by atoms with Gasteiger partial charge in [-0.25, -0.2) is 4.99 Å². The van der Waals surface area contributed by atoms with Crippen LogP contribution >= 0.6 is 39.5 Å². The molecule has 0 atom stereocenters. The number of hydrogen-bond acceptors (Lipinski definition) is 5. The minimum Gasteiger partial charge on any atom is -0.337 e. The van der Waals surface area contributed by atoms with Crippen LogP contribution in [0.25, 0.3) is 0 Å². The predicted molar refractivity (Wildman–Crippen MR) is 140 cm³/mol. The zero-order valence-electron chi connectivity index (χ0n) is 17.8. The standard InChI is InChI=1S/C25H20BrN3OS2/c1-15-8-11-17(12-9-15)29-23(30)22(24-28(3)20-6-4-5-7-21(20)31-24)32-25(29)27-19-13-10-16(2)14-18(19)26/h4-14H,1-3H3/b24-22-,27-25?. The fourth-order valence-corrected chi connectivity index (χ4v) is 6.53. The first-order chi connectivity index (χ1) is 15.4. The van der Waals surface area contributed by atoms with Crippen molar-refractivity contribution in [3.63, 3.8) is 0 Å². The first-order valence-electron chi connectivity index (χ1n) is 10.1. The van der Waals surface area contributed by atoms with Crippen LogP contribution in [-0.2, 0) is 4.79 Å². The summed E-state index contributed by atoms with van der Waals surface area (Å²) in [6.45, 7) is 4.08. The number of carbonyl (C=O) groups excluding carboxylic acids is 1. The van der Waals surface area contributed by atoms with E-state index in [9.17, 15) is 4.79 Å². The van der Waals surface area contributed by atoms with Gasteiger partial charge in [0.1, 0.15) is 4.91 Å². The van der Waals surface area contributed by atoms with Crippen LogP contribution < -0.4 is 9.80 Å². The highest BCUT2D eigenvalue weighted by molar-refractivity contribution is 9.10. The molecule has 1 fully saturated rings. The van der Waals surface area contributed by atoms with E-state index in [2.05, 4.69) is 33.0 Å². The highest BCUT2D eigenvalue weighted by Crippen LogP contribution is 2.50. The van der Waals surface area contributed by atoms with E-state index in [-0.39, 0.29) is 5.91 Å². The summed E-state index contributed by atoms with van der Waals surface area (Å²) in [7, 11) is 2.01. The smallest absolute Gasteiger partial charge is 0.274 e. The van der Waals surface area contributed by atoms with Gasteiger partial charge in [0, 0.05) is 16.4 Å². The summed E-state index contributed by atoms with van der Waals surface area (Å²) in [4.78, 5) is 24.3. The Morgan fingerprint density at radius 3 is 2.34 bits per heavy atom. The predicted octanol–water partition coefficient (Wildman–Crippen LogP) is 7.24. The number of anilines is 2. The van der Waals surface area contributed by atoms with Gasteiger partial charge in [-0.05, 0) is 83.5 Å². The summed E-state index contributed by atoms with van der Waals surface area (Å²) in [5, 5.41) is 1.59. The molecular weight excluding hydrogens is 502 g/mol. The van der Waals surface area contributed by atoms with Gasteiger partial charge < -0.3 is 4.90 Å². The number of carbonyl (C=O) groups is 1. The van der Waals surface area contributed by atoms with Crippen LogP contribution in [-0.4, -0.2) is 18.1 Å². The number of benzene rings is 3. The zero-order chi connectivity index (χ0) is 22.4. The van der Waals surface area contributed by atoms with Gasteiger partial charge in [0.05, 0.1) is 22.1 Å². The minimum absolute atomic E-state index is 0.0528. The summed E-state index contributed by atoms with van der Waals surface area (Å²) in [6.07, 6.45) is 0. The average molecular weight is 522 g/mol. The second kappa shape index (κ2) is 8.46. The SMILES string of the molecule is Cc1ccc(N2C(=O)/C(=C3/Sc4ccccc4N3C)SC2=Nc2ccc(C)cc2Br)cc1. The molecule has 1 amide bonds. The van der Waals surface area contributed by atoms with E-state index < -0.39 is 0 Å². The van der Waals surface area contributed by atoms with E-state index >= 15 is 0 Å². The van der Waals surface area contributed by atoms with Crippen molar-refractivity contribution in [2.45, 2.75) is 18.7 Å². The van der Waals surface area contributed by atoms with Crippen molar-refractivity contribution in [3.8, 4) is 0 Å². The maximum absolute atomic E-state index is 13.7. The highest BCUT2D eigenvalue weighted by atomic mass is 79.9. The van der Waals surface area contributed by atoms with Gasteiger partial charge in [0.2, 0.25) is 0 Å². The molecule has 0 saturated carbocycles. The Morgan fingerprint density at radius 2 is 1.62 bits per heavy atom. The molecule has 3 aromatic carbocycles. The lowest BCUT2D eigenvalue weighted by molar-refractivity contribution is -0.113. The summed E-state index contributed by atoms with van der Waals surface area (Å²) in [5.41, 5.74) is 5.02. The number of halogens is 1. The lowest BCUT2D eigenvalue weighted by Crippen LogP contribution is -2.29. The van der Waals surface area contributed by atoms with Gasteiger partial charge in [-0.1, -0.05) is 47.7 Å². The Morgan fingerprint density at radius 1 is 0.906 bits per heavy atom. The van der Waals surface area contributed by atoms with E-state index in [4.69, 9.17) is 4.99 Å². The number of rotatable bonds is 2. The molecule has 0 aromatic heterocycles. The fourth-order valence-electron chi connectivity index (χ4n) is 3.61. The van der Waals surface area contributed by atoms with E-state index in [0.717, 1.165) is 42.6 Å². The van der Waals surface area contributed by atoms with Crippen molar-refractivity contribution < 1.29 is 4.79 Å². The van der Waals surface area contributed by atoms with Crippen LogP contribution in [0.4, 0.5) is 17.1 Å².